The van der Waals surface area contributed by atoms with Gasteiger partial charge < -0.3 is 14.5 Å². The third kappa shape index (κ3) is 3.58. The Morgan fingerprint density at radius 1 is 1.30 bits per heavy atom. The number of ether oxygens (including phenoxy) is 1. The number of carbonyl (C=O) groups excluding carboxylic acids is 1. The van der Waals surface area contributed by atoms with E-state index >= 15 is 0 Å². The van der Waals surface area contributed by atoms with Crippen molar-refractivity contribution in [3.05, 3.63) is 54.0 Å². The van der Waals surface area contributed by atoms with Gasteiger partial charge in [0.1, 0.15) is 11.5 Å². The Bertz CT molecular complexity index is 596. The maximum absolute atomic E-state index is 12.1. The van der Waals surface area contributed by atoms with Gasteiger partial charge in [0.05, 0.1) is 25.5 Å². The molecule has 0 bridgehead atoms. The average molecular weight is 290 g/mol. The smallest absolute Gasteiger partial charge is 0.261 e. The molecule has 1 amide bonds. The standard InChI is InChI=1S/C14H14N2O3S/c1-18-12-7-3-2-6-11(12)13(17)16-14(20)15-9-10-5-4-8-19-10/h2-8H,9H2,1H3,(H2,15,16,17,20). The van der Waals surface area contributed by atoms with E-state index in [1.807, 2.05) is 6.07 Å². The van der Waals surface area contributed by atoms with Crippen molar-refractivity contribution >= 4 is 23.2 Å². The summed E-state index contributed by atoms with van der Waals surface area (Å²) in [6.07, 6.45) is 1.58. The van der Waals surface area contributed by atoms with Gasteiger partial charge in [0, 0.05) is 0 Å². The van der Waals surface area contributed by atoms with Crippen LogP contribution < -0.4 is 15.4 Å². The minimum atomic E-state index is -0.320. The summed E-state index contributed by atoms with van der Waals surface area (Å²) in [7, 11) is 1.51. The SMILES string of the molecule is COc1ccccc1C(=O)NC(=S)NCc1ccco1. The van der Waals surface area contributed by atoms with E-state index in [9.17, 15) is 4.79 Å². The first-order valence-electron chi connectivity index (χ1n) is 5.95. The fourth-order valence-corrected chi connectivity index (χ4v) is 1.79. The Kier molecular flexibility index (Phi) is 4.73. The van der Waals surface area contributed by atoms with E-state index in [1.165, 1.54) is 7.11 Å². The number of methoxy groups -OCH3 is 1. The molecule has 1 aromatic carbocycles. The maximum atomic E-state index is 12.1. The van der Waals surface area contributed by atoms with E-state index in [0.717, 1.165) is 5.76 Å². The van der Waals surface area contributed by atoms with E-state index in [1.54, 1.807) is 36.6 Å². The highest BCUT2D eigenvalue weighted by atomic mass is 32.1. The molecule has 0 fully saturated rings. The first kappa shape index (κ1) is 14.1. The lowest BCUT2D eigenvalue weighted by Crippen LogP contribution is -2.38. The van der Waals surface area contributed by atoms with Crippen molar-refractivity contribution < 1.29 is 13.9 Å². The van der Waals surface area contributed by atoms with Crippen molar-refractivity contribution in [1.29, 1.82) is 0 Å². The molecule has 2 rings (SSSR count). The van der Waals surface area contributed by atoms with E-state index in [0.29, 0.717) is 17.9 Å². The predicted molar refractivity (Wildman–Crippen MR) is 78.6 cm³/mol. The highest BCUT2D eigenvalue weighted by Gasteiger charge is 2.12. The maximum Gasteiger partial charge on any atom is 0.261 e. The molecule has 2 aromatic rings. The van der Waals surface area contributed by atoms with E-state index < -0.39 is 0 Å². The largest absolute Gasteiger partial charge is 0.496 e. The van der Waals surface area contributed by atoms with Crippen LogP contribution in [0.2, 0.25) is 0 Å². The van der Waals surface area contributed by atoms with Crippen LogP contribution >= 0.6 is 12.2 Å². The number of nitrogens with one attached hydrogen (secondary N) is 2. The average Bonchev–Trinajstić information content (AvgIpc) is 2.98. The molecule has 0 aliphatic carbocycles. The van der Waals surface area contributed by atoms with Gasteiger partial charge in [0.2, 0.25) is 0 Å². The first-order chi connectivity index (χ1) is 9.70. The third-order valence-electron chi connectivity index (χ3n) is 2.58. The molecule has 104 valence electrons. The topological polar surface area (TPSA) is 63.5 Å². The normalized spacial score (nSPS) is 9.85. The molecule has 0 unspecified atom stereocenters. The highest BCUT2D eigenvalue weighted by molar-refractivity contribution is 7.80. The molecule has 1 aromatic heterocycles. The van der Waals surface area contributed by atoms with Gasteiger partial charge in [-0.2, -0.15) is 0 Å². The molecule has 0 spiro atoms. The van der Waals surface area contributed by atoms with Crippen LogP contribution in [0.1, 0.15) is 16.1 Å². The van der Waals surface area contributed by atoms with Crippen LogP contribution in [-0.2, 0) is 6.54 Å². The monoisotopic (exact) mass is 290 g/mol. The van der Waals surface area contributed by atoms with Crippen LogP contribution in [-0.4, -0.2) is 18.1 Å². The molecule has 0 saturated carbocycles. The number of furan rings is 1. The van der Waals surface area contributed by atoms with Gasteiger partial charge in [-0.25, -0.2) is 0 Å². The Labute approximate surface area is 121 Å². The summed E-state index contributed by atoms with van der Waals surface area (Å²) in [5, 5.41) is 5.71. The number of rotatable bonds is 4. The van der Waals surface area contributed by atoms with Gasteiger partial charge in [0.15, 0.2) is 5.11 Å². The van der Waals surface area contributed by atoms with Crippen LogP contribution in [0.4, 0.5) is 0 Å². The minimum Gasteiger partial charge on any atom is -0.496 e. The Balaban J connectivity index is 1.92. The molecule has 5 nitrogen and oxygen atoms in total. The van der Waals surface area contributed by atoms with Crippen molar-refractivity contribution in [2.24, 2.45) is 0 Å². The van der Waals surface area contributed by atoms with Crippen molar-refractivity contribution in [2.75, 3.05) is 7.11 Å². The minimum absolute atomic E-state index is 0.234. The van der Waals surface area contributed by atoms with Gasteiger partial charge in [-0.15, -0.1) is 0 Å². The fourth-order valence-electron chi connectivity index (χ4n) is 1.63. The molecule has 0 atom stereocenters. The third-order valence-corrected chi connectivity index (χ3v) is 2.83. The summed E-state index contributed by atoms with van der Waals surface area (Å²) < 4.78 is 10.3. The second-order valence-corrected chi connectivity index (χ2v) is 4.32. The van der Waals surface area contributed by atoms with Gasteiger partial charge >= 0.3 is 0 Å². The molecule has 0 aliphatic heterocycles. The van der Waals surface area contributed by atoms with E-state index in [-0.39, 0.29) is 11.0 Å². The number of carbonyl (C=O) groups is 1. The zero-order valence-electron chi connectivity index (χ0n) is 10.9. The van der Waals surface area contributed by atoms with E-state index in [4.69, 9.17) is 21.4 Å². The summed E-state index contributed by atoms with van der Waals surface area (Å²) in [4.78, 5) is 12.1. The molecule has 0 aliphatic rings. The quantitative estimate of drug-likeness (QED) is 0.844. The van der Waals surface area contributed by atoms with Crippen molar-refractivity contribution in [2.45, 2.75) is 6.54 Å². The number of para-hydroxylation sites is 1. The number of benzene rings is 1. The summed E-state index contributed by atoms with van der Waals surface area (Å²) in [5.41, 5.74) is 0.428. The summed E-state index contributed by atoms with van der Waals surface area (Å²) in [6, 6.07) is 10.5. The molecule has 20 heavy (non-hydrogen) atoms. The Morgan fingerprint density at radius 2 is 2.10 bits per heavy atom. The Hall–Kier alpha value is -2.34. The first-order valence-corrected chi connectivity index (χ1v) is 6.36. The van der Waals surface area contributed by atoms with Crippen LogP contribution in [0, 0.1) is 0 Å². The van der Waals surface area contributed by atoms with Gasteiger partial charge in [-0.05, 0) is 36.5 Å². The van der Waals surface area contributed by atoms with Crippen LogP contribution in [0.25, 0.3) is 0 Å². The Morgan fingerprint density at radius 3 is 2.80 bits per heavy atom. The second kappa shape index (κ2) is 6.72. The zero-order chi connectivity index (χ0) is 14.4. The number of thiocarbonyl (C=S) groups is 1. The van der Waals surface area contributed by atoms with Crippen molar-refractivity contribution in [3.8, 4) is 5.75 Å². The lowest BCUT2D eigenvalue weighted by Gasteiger charge is -2.10. The summed E-state index contributed by atoms with van der Waals surface area (Å²) in [6.45, 7) is 0.415. The highest BCUT2D eigenvalue weighted by Crippen LogP contribution is 2.16. The van der Waals surface area contributed by atoms with Crippen LogP contribution in [0.3, 0.4) is 0 Å². The van der Waals surface area contributed by atoms with E-state index in [2.05, 4.69) is 10.6 Å². The van der Waals surface area contributed by atoms with Gasteiger partial charge in [0.25, 0.3) is 5.91 Å². The molecular formula is C14H14N2O3S. The van der Waals surface area contributed by atoms with Gasteiger partial charge in [-0.1, -0.05) is 12.1 Å². The molecular weight excluding hydrogens is 276 g/mol. The number of hydrogen-bond donors (Lipinski definition) is 2. The number of hydrogen-bond acceptors (Lipinski definition) is 4. The molecule has 6 heteroatoms. The second-order valence-electron chi connectivity index (χ2n) is 3.92. The van der Waals surface area contributed by atoms with Crippen LogP contribution in [0.15, 0.2) is 47.1 Å². The van der Waals surface area contributed by atoms with Gasteiger partial charge in [-0.3, -0.25) is 10.1 Å². The molecule has 0 saturated heterocycles. The van der Waals surface area contributed by atoms with Crippen molar-refractivity contribution in [1.82, 2.24) is 10.6 Å². The fraction of sp³-hybridized carbons (Fsp3) is 0.143. The molecule has 2 N–H and O–H groups in total. The summed E-state index contributed by atoms with van der Waals surface area (Å²) >= 11 is 5.06. The lowest BCUT2D eigenvalue weighted by molar-refractivity contribution is 0.0973. The summed E-state index contributed by atoms with van der Waals surface area (Å²) in [5.74, 6) is 0.914. The predicted octanol–water partition coefficient (Wildman–Crippen LogP) is 2.09. The lowest BCUT2D eigenvalue weighted by atomic mass is 10.2. The van der Waals surface area contributed by atoms with Crippen LogP contribution in [0.5, 0.6) is 5.75 Å². The number of amides is 1. The molecule has 1 heterocycles. The van der Waals surface area contributed by atoms with Crippen molar-refractivity contribution in [3.63, 3.8) is 0 Å². The molecule has 0 radical (unpaired) electrons. The zero-order valence-corrected chi connectivity index (χ0v) is 11.7.